The third-order valence-electron chi connectivity index (χ3n) is 5.09. The van der Waals surface area contributed by atoms with Crippen molar-refractivity contribution in [1.82, 2.24) is 20.1 Å². The van der Waals surface area contributed by atoms with Crippen molar-refractivity contribution in [2.24, 2.45) is 0 Å². The minimum absolute atomic E-state index is 0.0171. The van der Waals surface area contributed by atoms with Gasteiger partial charge in [0.1, 0.15) is 17.3 Å². The molecule has 1 unspecified atom stereocenters. The zero-order chi connectivity index (χ0) is 21.5. The Hall–Kier alpha value is -3.76. The van der Waals surface area contributed by atoms with Gasteiger partial charge in [0.05, 0.1) is 12.6 Å². The zero-order valence-electron chi connectivity index (χ0n) is 17.1. The molecule has 0 saturated carbocycles. The molecule has 3 aromatic rings. The van der Waals surface area contributed by atoms with E-state index in [1.165, 1.54) is 0 Å². The van der Waals surface area contributed by atoms with Gasteiger partial charge in [-0.05, 0) is 36.6 Å². The predicted molar refractivity (Wildman–Crippen MR) is 117 cm³/mol. The van der Waals surface area contributed by atoms with Crippen LogP contribution in [0, 0.1) is 11.3 Å². The van der Waals surface area contributed by atoms with E-state index in [0.29, 0.717) is 24.3 Å². The number of ether oxygens (including phenoxy) is 1. The molecule has 1 fully saturated rings. The van der Waals surface area contributed by atoms with E-state index >= 15 is 0 Å². The number of carbonyl (C=O) groups excluding carboxylic acids is 1. The lowest BCUT2D eigenvalue weighted by Crippen LogP contribution is -2.32. The maximum Gasteiger partial charge on any atom is 0.262 e. The minimum atomic E-state index is -0.411. The van der Waals surface area contributed by atoms with Crippen LogP contribution in [0.3, 0.4) is 0 Å². The SMILES string of the molecule is N#C/C(=C\c1cn(Cc2ccccc2)nc1-c1cccnc1)C(=O)NCC1CCCO1. The van der Waals surface area contributed by atoms with Crippen LogP contribution >= 0.6 is 0 Å². The molecule has 2 aromatic heterocycles. The summed E-state index contributed by atoms with van der Waals surface area (Å²) < 4.78 is 7.34. The number of pyridine rings is 1. The number of benzene rings is 1. The number of nitriles is 1. The van der Waals surface area contributed by atoms with Crippen molar-refractivity contribution in [3.05, 3.63) is 77.8 Å². The predicted octanol–water partition coefficient (Wildman–Crippen LogP) is 3.20. The molecule has 1 aliphatic heterocycles. The highest BCUT2D eigenvalue weighted by Gasteiger charge is 2.19. The monoisotopic (exact) mass is 413 g/mol. The van der Waals surface area contributed by atoms with Gasteiger partial charge in [0.25, 0.3) is 5.91 Å². The van der Waals surface area contributed by atoms with Crippen molar-refractivity contribution in [2.75, 3.05) is 13.2 Å². The van der Waals surface area contributed by atoms with Crippen molar-refractivity contribution >= 4 is 12.0 Å². The van der Waals surface area contributed by atoms with E-state index < -0.39 is 5.91 Å². The Morgan fingerprint density at radius 3 is 2.87 bits per heavy atom. The maximum atomic E-state index is 12.6. The van der Waals surface area contributed by atoms with Crippen LogP contribution in [0.25, 0.3) is 17.3 Å². The van der Waals surface area contributed by atoms with Crippen LogP contribution in [0.4, 0.5) is 0 Å². The van der Waals surface area contributed by atoms with E-state index in [9.17, 15) is 10.1 Å². The first kappa shape index (κ1) is 20.5. The van der Waals surface area contributed by atoms with Crippen LogP contribution in [0.1, 0.15) is 24.0 Å². The highest BCUT2D eigenvalue weighted by Crippen LogP contribution is 2.24. The van der Waals surface area contributed by atoms with Crippen LogP contribution in [0.5, 0.6) is 0 Å². The van der Waals surface area contributed by atoms with Crippen LogP contribution in [-0.2, 0) is 16.1 Å². The quantitative estimate of drug-likeness (QED) is 0.474. The van der Waals surface area contributed by atoms with Gasteiger partial charge in [-0.1, -0.05) is 30.3 Å². The summed E-state index contributed by atoms with van der Waals surface area (Å²) in [4.78, 5) is 16.8. The van der Waals surface area contributed by atoms with E-state index in [4.69, 9.17) is 9.84 Å². The largest absolute Gasteiger partial charge is 0.376 e. The molecule has 1 N–H and O–H groups in total. The Labute approximate surface area is 181 Å². The summed E-state index contributed by atoms with van der Waals surface area (Å²) in [6.45, 7) is 1.70. The smallest absolute Gasteiger partial charge is 0.262 e. The van der Waals surface area contributed by atoms with E-state index in [2.05, 4.69) is 10.3 Å². The molecular weight excluding hydrogens is 390 g/mol. The van der Waals surface area contributed by atoms with E-state index in [1.807, 2.05) is 59.4 Å². The highest BCUT2D eigenvalue weighted by molar-refractivity contribution is 6.02. The summed E-state index contributed by atoms with van der Waals surface area (Å²) in [5.41, 5.74) is 3.31. The van der Waals surface area contributed by atoms with E-state index in [-0.39, 0.29) is 11.7 Å². The van der Waals surface area contributed by atoms with E-state index in [0.717, 1.165) is 30.6 Å². The number of amides is 1. The van der Waals surface area contributed by atoms with Crippen LogP contribution in [-0.4, -0.2) is 39.9 Å². The Bertz CT molecular complexity index is 1090. The first-order valence-electron chi connectivity index (χ1n) is 10.3. The molecule has 1 saturated heterocycles. The summed E-state index contributed by atoms with van der Waals surface area (Å²) >= 11 is 0. The number of nitrogens with zero attached hydrogens (tertiary/aromatic N) is 4. The average molecular weight is 413 g/mol. The highest BCUT2D eigenvalue weighted by atomic mass is 16.5. The number of hydrogen-bond acceptors (Lipinski definition) is 5. The molecule has 0 bridgehead atoms. The summed E-state index contributed by atoms with van der Waals surface area (Å²) in [6, 6.07) is 15.7. The average Bonchev–Trinajstić information content (AvgIpc) is 3.47. The van der Waals surface area contributed by atoms with E-state index in [1.54, 1.807) is 18.5 Å². The standard InChI is InChI=1S/C24H23N5O2/c25-13-20(24(30)27-15-22-9-5-11-31-22)12-21-17-29(16-18-6-2-1-3-7-18)28-23(21)19-8-4-10-26-14-19/h1-4,6-8,10,12,14,17,22H,5,9,11,15-16H2,(H,27,30)/b20-12+. The van der Waals surface area contributed by atoms with Crippen molar-refractivity contribution < 1.29 is 9.53 Å². The normalized spacial score (nSPS) is 16.1. The second kappa shape index (κ2) is 9.83. The molecule has 156 valence electrons. The zero-order valence-corrected chi connectivity index (χ0v) is 17.1. The number of aromatic nitrogens is 3. The molecule has 0 aliphatic carbocycles. The molecule has 0 spiro atoms. The molecule has 1 amide bonds. The van der Waals surface area contributed by atoms with Gasteiger partial charge in [-0.25, -0.2) is 0 Å². The van der Waals surface area contributed by atoms with Crippen molar-refractivity contribution in [3.8, 4) is 17.3 Å². The molecule has 1 aromatic carbocycles. The van der Waals surface area contributed by atoms with Crippen LogP contribution < -0.4 is 5.32 Å². The Kier molecular flexibility index (Phi) is 6.50. The van der Waals surface area contributed by atoms with Gasteiger partial charge < -0.3 is 10.1 Å². The van der Waals surface area contributed by atoms with Gasteiger partial charge in [0.2, 0.25) is 0 Å². The molecule has 3 heterocycles. The Balaban J connectivity index is 1.61. The first-order valence-corrected chi connectivity index (χ1v) is 10.3. The minimum Gasteiger partial charge on any atom is -0.376 e. The summed E-state index contributed by atoms with van der Waals surface area (Å²) in [6.07, 6.45) is 8.78. The van der Waals surface area contributed by atoms with Gasteiger partial charge in [-0.15, -0.1) is 0 Å². The molecular formula is C24H23N5O2. The molecule has 31 heavy (non-hydrogen) atoms. The van der Waals surface area contributed by atoms with Crippen LogP contribution in [0.2, 0.25) is 0 Å². The van der Waals surface area contributed by atoms with Crippen molar-refractivity contribution in [2.45, 2.75) is 25.5 Å². The molecule has 1 atom stereocenters. The summed E-state index contributed by atoms with van der Waals surface area (Å²) in [5, 5.41) is 17.1. The lowest BCUT2D eigenvalue weighted by atomic mass is 10.1. The second-order valence-electron chi connectivity index (χ2n) is 7.37. The third-order valence-corrected chi connectivity index (χ3v) is 5.09. The lowest BCUT2D eigenvalue weighted by molar-refractivity contribution is -0.117. The van der Waals surface area contributed by atoms with Crippen molar-refractivity contribution in [3.63, 3.8) is 0 Å². The summed E-state index contributed by atoms with van der Waals surface area (Å²) in [7, 11) is 0. The number of rotatable bonds is 7. The lowest BCUT2D eigenvalue weighted by Gasteiger charge is -2.10. The molecule has 7 heteroatoms. The van der Waals surface area contributed by atoms with Gasteiger partial charge in [0, 0.05) is 42.9 Å². The molecule has 4 rings (SSSR count). The van der Waals surface area contributed by atoms with Gasteiger partial charge in [-0.2, -0.15) is 10.4 Å². The van der Waals surface area contributed by atoms with Gasteiger partial charge in [-0.3, -0.25) is 14.5 Å². The topological polar surface area (TPSA) is 92.8 Å². The molecule has 1 aliphatic rings. The molecule has 7 nitrogen and oxygen atoms in total. The Morgan fingerprint density at radius 2 is 2.16 bits per heavy atom. The Morgan fingerprint density at radius 1 is 1.29 bits per heavy atom. The molecule has 0 radical (unpaired) electrons. The van der Waals surface area contributed by atoms with Crippen LogP contribution in [0.15, 0.2) is 66.6 Å². The number of carbonyl (C=O) groups is 1. The van der Waals surface area contributed by atoms with Crippen molar-refractivity contribution in [1.29, 1.82) is 5.26 Å². The second-order valence-corrected chi connectivity index (χ2v) is 7.37. The fourth-order valence-corrected chi connectivity index (χ4v) is 3.53. The number of nitrogens with one attached hydrogen (secondary N) is 1. The van der Waals surface area contributed by atoms with Gasteiger partial charge in [0.15, 0.2) is 0 Å². The fraction of sp³-hybridized carbons (Fsp3) is 0.250. The van der Waals surface area contributed by atoms with Gasteiger partial charge >= 0.3 is 0 Å². The number of hydrogen-bond donors (Lipinski definition) is 1. The first-order chi connectivity index (χ1) is 15.2. The third kappa shape index (κ3) is 5.24. The maximum absolute atomic E-state index is 12.6. The fourth-order valence-electron chi connectivity index (χ4n) is 3.53. The summed E-state index contributed by atoms with van der Waals surface area (Å²) in [5.74, 6) is -0.411.